The summed E-state index contributed by atoms with van der Waals surface area (Å²) in [5.41, 5.74) is 3.81. The quantitative estimate of drug-likeness (QED) is 0.421. The molecule has 0 aliphatic carbocycles. The molecule has 1 fully saturated rings. The van der Waals surface area contributed by atoms with Crippen molar-refractivity contribution in [3.8, 4) is 5.75 Å². The zero-order chi connectivity index (χ0) is 20.6. The summed E-state index contributed by atoms with van der Waals surface area (Å²) in [5, 5.41) is 15.6. The fraction of sp³-hybridized carbons (Fsp3) is 0.300. The maximum Gasteiger partial charge on any atom is 0.277 e. The lowest BCUT2D eigenvalue weighted by Gasteiger charge is -2.29. The van der Waals surface area contributed by atoms with Gasteiger partial charge in [0.25, 0.3) is 11.6 Å². The van der Waals surface area contributed by atoms with Crippen molar-refractivity contribution in [1.29, 1.82) is 0 Å². The first-order valence-electron chi connectivity index (χ1n) is 9.26. The number of nitrogens with one attached hydrogen (secondary N) is 1. The number of nitro benzene ring substituents is 1. The molecule has 0 radical (unpaired) electrons. The van der Waals surface area contributed by atoms with Crippen LogP contribution in [0, 0.1) is 10.1 Å². The van der Waals surface area contributed by atoms with Crippen LogP contribution in [0.5, 0.6) is 5.75 Å². The van der Waals surface area contributed by atoms with Gasteiger partial charge in [0.15, 0.2) is 6.61 Å². The third-order valence-corrected chi connectivity index (χ3v) is 4.75. The van der Waals surface area contributed by atoms with E-state index in [-0.39, 0.29) is 12.3 Å². The number of anilines is 1. The summed E-state index contributed by atoms with van der Waals surface area (Å²) in [6, 6.07) is 11.3. The second-order valence-electron chi connectivity index (χ2n) is 6.58. The average molecular weight is 417 g/mol. The van der Waals surface area contributed by atoms with Crippen molar-refractivity contribution in [3.63, 3.8) is 0 Å². The number of hydrogen-bond donors (Lipinski definition) is 1. The largest absolute Gasteiger partial charge is 0.484 e. The Bertz CT molecular complexity index is 896. The minimum absolute atomic E-state index is 0.0235. The summed E-state index contributed by atoms with van der Waals surface area (Å²) in [4.78, 5) is 24.8. The van der Waals surface area contributed by atoms with Gasteiger partial charge in [-0.05, 0) is 49.6 Å². The highest BCUT2D eigenvalue weighted by Gasteiger charge is 2.17. The van der Waals surface area contributed by atoms with Crippen molar-refractivity contribution >= 4 is 35.1 Å². The Morgan fingerprint density at radius 2 is 1.93 bits per heavy atom. The highest BCUT2D eigenvalue weighted by molar-refractivity contribution is 6.30. The first-order valence-corrected chi connectivity index (χ1v) is 9.64. The van der Waals surface area contributed by atoms with E-state index in [4.69, 9.17) is 16.3 Å². The lowest BCUT2D eigenvalue weighted by molar-refractivity contribution is -0.384. The van der Waals surface area contributed by atoms with E-state index in [2.05, 4.69) is 15.4 Å². The Hall–Kier alpha value is -3.13. The van der Waals surface area contributed by atoms with Gasteiger partial charge in [-0.25, -0.2) is 5.43 Å². The number of hydrogen-bond acceptors (Lipinski definition) is 6. The summed E-state index contributed by atoms with van der Waals surface area (Å²) in [6.45, 7) is 1.56. The predicted octanol–water partition coefficient (Wildman–Crippen LogP) is 3.77. The number of rotatable bonds is 7. The molecule has 8 nitrogen and oxygen atoms in total. The summed E-state index contributed by atoms with van der Waals surface area (Å²) in [7, 11) is 0. The SMILES string of the molecule is O=C(COc1ccc(Cl)cc1)N/N=C\c1cc([N+](=O)[O-])ccc1N1CCCCC1. The highest BCUT2D eigenvalue weighted by Crippen LogP contribution is 2.26. The minimum atomic E-state index is -0.449. The number of benzene rings is 2. The molecule has 0 unspecified atom stereocenters. The number of carbonyl (C=O) groups excluding carboxylic acids is 1. The minimum Gasteiger partial charge on any atom is -0.484 e. The number of amides is 1. The Morgan fingerprint density at radius 1 is 1.21 bits per heavy atom. The lowest BCUT2D eigenvalue weighted by atomic mass is 10.1. The van der Waals surface area contributed by atoms with Crippen LogP contribution in [0.4, 0.5) is 11.4 Å². The van der Waals surface area contributed by atoms with Gasteiger partial charge in [-0.1, -0.05) is 11.6 Å². The van der Waals surface area contributed by atoms with E-state index in [0.29, 0.717) is 16.3 Å². The van der Waals surface area contributed by atoms with Crippen molar-refractivity contribution in [2.24, 2.45) is 5.10 Å². The van der Waals surface area contributed by atoms with Gasteiger partial charge in [0.05, 0.1) is 11.1 Å². The molecule has 1 aliphatic heterocycles. The van der Waals surface area contributed by atoms with Gasteiger partial charge < -0.3 is 9.64 Å². The molecule has 1 heterocycles. The van der Waals surface area contributed by atoms with Gasteiger partial charge in [-0.3, -0.25) is 14.9 Å². The van der Waals surface area contributed by atoms with E-state index in [1.165, 1.54) is 24.8 Å². The number of ether oxygens (including phenoxy) is 1. The van der Waals surface area contributed by atoms with Crippen molar-refractivity contribution < 1.29 is 14.5 Å². The van der Waals surface area contributed by atoms with Gasteiger partial charge in [0.2, 0.25) is 0 Å². The Balaban J connectivity index is 1.64. The first-order chi connectivity index (χ1) is 14.0. The highest BCUT2D eigenvalue weighted by atomic mass is 35.5. The van der Waals surface area contributed by atoms with E-state index in [0.717, 1.165) is 31.6 Å². The van der Waals surface area contributed by atoms with E-state index in [9.17, 15) is 14.9 Å². The number of piperidine rings is 1. The molecule has 1 N–H and O–H groups in total. The van der Waals surface area contributed by atoms with Crippen LogP contribution in [0.1, 0.15) is 24.8 Å². The van der Waals surface area contributed by atoms with Crippen LogP contribution in [-0.4, -0.2) is 36.7 Å². The molecule has 0 saturated carbocycles. The van der Waals surface area contributed by atoms with Crippen LogP contribution in [0.2, 0.25) is 5.02 Å². The number of non-ortho nitro benzene ring substituents is 1. The topological polar surface area (TPSA) is 97.1 Å². The molecule has 2 aromatic carbocycles. The molecule has 152 valence electrons. The van der Waals surface area contributed by atoms with Gasteiger partial charge in [-0.15, -0.1) is 0 Å². The maximum absolute atomic E-state index is 11.9. The average Bonchev–Trinajstić information content (AvgIpc) is 2.74. The van der Waals surface area contributed by atoms with Crippen molar-refractivity contribution in [2.75, 3.05) is 24.6 Å². The fourth-order valence-electron chi connectivity index (χ4n) is 3.07. The van der Waals surface area contributed by atoms with Crippen molar-refractivity contribution in [1.82, 2.24) is 5.43 Å². The van der Waals surface area contributed by atoms with Crippen molar-refractivity contribution in [3.05, 3.63) is 63.2 Å². The fourth-order valence-corrected chi connectivity index (χ4v) is 3.19. The Kier molecular flexibility index (Phi) is 7.02. The molecule has 3 rings (SSSR count). The van der Waals surface area contributed by atoms with Crippen LogP contribution in [0.25, 0.3) is 0 Å². The smallest absolute Gasteiger partial charge is 0.277 e. The number of halogens is 1. The van der Waals surface area contributed by atoms with E-state index < -0.39 is 10.8 Å². The summed E-state index contributed by atoms with van der Waals surface area (Å²) < 4.78 is 5.35. The predicted molar refractivity (Wildman–Crippen MR) is 112 cm³/mol. The maximum atomic E-state index is 11.9. The molecule has 1 amide bonds. The van der Waals surface area contributed by atoms with Crippen LogP contribution in [0.15, 0.2) is 47.6 Å². The number of nitrogens with zero attached hydrogens (tertiary/aromatic N) is 3. The zero-order valence-electron chi connectivity index (χ0n) is 15.7. The molecule has 9 heteroatoms. The molecule has 0 aromatic heterocycles. The van der Waals surface area contributed by atoms with Gasteiger partial charge >= 0.3 is 0 Å². The third kappa shape index (κ3) is 5.92. The summed E-state index contributed by atoms with van der Waals surface area (Å²) in [5.74, 6) is 0.0701. The molecular formula is C20H21ClN4O4. The third-order valence-electron chi connectivity index (χ3n) is 4.50. The standard InChI is InChI=1S/C20H21ClN4O4/c21-16-4-7-18(8-5-16)29-14-20(26)23-22-13-15-12-17(25(27)28)6-9-19(15)24-10-2-1-3-11-24/h4-9,12-13H,1-3,10-11,14H2,(H,23,26)/b22-13-. The molecule has 1 saturated heterocycles. The van der Waals surface area contributed by atoms with E-state index >= 15 is 0 Å². The molecule has 29 heavy (non-hydrogen) atoms. The summed E-state index contributed by atoms with van der Waals surface area (Å²) >= 11 is 5.80. The molecule has 0 atom stereocenters. The molecule has 0 spiro atoms. The van der Waals surface area contributed by atoms with Gasteiger partial charge in [0, 0.05) is 41.5 Å². The molecule has 1 aliphatic rings. The van der Waals surface area contributed by atoms with Gasteiger partial charge in [0.1, 0.15) is 5.75 Å². The van der Waals surface area contributed by atoms with Crippen LogP contribution in [0.3, 0.4) is 0 Å². The second kappa shape index (κ2) is 9.88. The second-order valence-corrected chi connectivity index (χ2v) is 7.02. The molecule has 0 bridgehead atoms. The van der Waals surface area contributed by atoms with E-state index in [1.54, 1.807) is 30.3 Å². The lowest BCUT2D eigenvalue weighted by Crippen LogP contribution is -2.30. The first kappa shape index (κ1) is 20.6. The van der Waals surface area contributed by atoms with Crippen LogP contribution < -0.4 is 15.1 Å². The summed E-state index contributed by atoms with van der Waals surface area (Å²) in [6.07, 6.45) is 4.76. The number of nitro groups is 1. The van der Waals surface area contributed by atoms with Crippen LogP contribution >= 0.6 is 11.6 Å². The molecular weight excluding hydrogens is 396 g/mol. The normalized spacial score (nSPS) is 14.0. The Labute approximate surface area is 173 Å². The van der Waals surface area contributed by atoms with Crippen molar-refractivity contribution in [2.45, 2.75) is 19.3 Å². The number of hydrazone groups is 1. The van der Waals surface area contributed by atoms with E-state index in [1.807, 2.05) is 0 Å². The van der Waals surface area contributed by atoms with Crippen LogP contribution in [-0.2, 0) is 4.79 Å². The number of carbonyl (C=O) groups is 1. The monoisotopic (exact) mass is 416 g/mol. The molecule has 2 aromatic rings. The Morgan fingerprint density at radius 3 is 2.62 bits per heavy atom. The van der Waals surface area contributed by atoms with Gasteiger partial charge in [-0.2, -0.15) is 5.10 Å². The zero-order valence-corrected chi connectivity index (χ0v) is 16.5.